The van der Waals surface area contributed by atoms with E-state index in [1.54, 1.807) is 0 Å². The number of hydrogen-bond donors (Lipinski definition) is 2. The van der Waals surface area contributed by atoms with E-state index in [9.17, 15) is 9.59 Å². The highest BCUT2D eigenvalue weighted by Gasteiger charge is 2.53. The molecular formula is C8H12N2O3. The van der Waals surface area contributed by atoms with Crippen molar-refractivity contribution in [1.82, 2.24) is 5.32 Å². The average Bonchev–Trinajstić information content (AvgIpc) is 2.64. The Balaban J connectivity index is 1.90. The molecule has 5 heteroatoms. The van der Waals surface area contributed by atoms with Crippen molar-refractivity contribution in [3.63, 3.8) is 0 Å². The van der Waals surface area contributed by atoms with Crippen LogP contribution in [0.1, 0.15) is 12.8 Å². The average molecular weight is 184 g/mol. The predicted molar refractivity (Wildman–Crippen MR) is 43.6 cm³/mol. The van der Waals surface area contributed by atoms with E-state index >= 15 is 0 Å². The van der Waals surface area contributed by atoms with Gasteiger partial charge in [0.1, 0.15) is 0 Å². The molecule has 2 fully saturated rings. The number of carbonyl (C=O) groups excluding carboxylic acids is 2. The van der Waals surface area contributed by atoms with Crippen LogP contribution in [0.15, 0.2) is 0 Å². The Labute approximate surface area is 75.6 Å². The van der Waals surface area contributed by atoms with E-state index in [1.807, 2.05) is 0 Å². The van der Waals surface area contributed by atoms with E-state index in [2.05, 4.69) is 5.32 Å². The molecule has 1 saturated carbocycles. The first-order chi connectivity index (χ1) is 6.14. The molecule has 1 aliphatic heterocycles. The summed E-state index contributed by atoms with van der Waals surface area (Å²) >= 11 is 0. The van der Waals surface area contributed by atoms with E-state index in [1.165, 1.54) is 0 Å². The van der Waals surface area contributed by atoms with E-state index < -0.39 is 11.5 Å². The van der Waals surface area contributed by atoms with E-state index in [0.717, 1.165) is 0 Å². The Morgan fingerprint density at radius 2 is 2.00 bits per heavy atom. The molecule has 0 spiro atoms. The van der Waals surface area contributed by atoms with Gasteiger partial charge < -0.3 is 15.8 Å². The topological polar surface area (TPSA) is 81.4 Å². The van der Waals surface area contributed by atoms with Crippen LogP contribution in [0, 0.1) is 5.92 Å². The summed E-state index contributed by atoms with van der Waals surface area (Å²) in [6, 6.07) is 0. The second kappa shape index (κ2) is 2.70. The highest BCUT2D eigenvalue weighted by atomic mass is 16.6. The van der Waals surface area contributed by atoms with Crippen molar-refractivity contribution < 1.29 is 14.3 Å². The lowest BCUT2D eigenvalue weighted by atomic mass is 10.0. The lowest BCUT2D eigenvalue weighted by molar-refractivity contribution is -0.163. The minimum Gasteiger partial charge on any atom is -0.449 e. The largest absolute Gasteiger partial charge is 0.449 e. The zero-order chi connectivity index (χ0) is 9.47. The molecule has 13 heavy (non-hydrogen) atoms. The van der Waals surface area contributed by atoms with Crippen LogP contribution in [0.2, 0.25) is 0 Å². The molecule has 1 amide bonds. The molecule has 1 aliphatic carbocycles. The minimum atomic E-state index is -0.952. The lowest BCUT2D eigenvalue weighted by Crippen LogP contribution is -2.49. The Hall–Kier alpha value is -1.10. The van der Waals surface area contributed by atoms with Gasteiger partial charge in [-0.15, -0.1) is 0 Å². The number of amides is 1. The molecule has 0 unspecified atom stereocenters. The van der Waals surface area contributed by atoms with Gasteiger partial charge in [0.15, 0.2) is 5.60 Å². The van der Waals surface area contributed by atoms with Crippen LogP contribution in [0.25, 0.3) is 0 Å². The number of nitrogens with two attached hydrogens (primary N) is 1. The number of hydrogen-bond acceptors (Lipinski definition) is 4. The van der Waals surface area contributed by atoms with Crippen LogP contribution >= 0.6 is 0 Å². The summed E-state index contributed by atoms with van der Waals surface area (Å²) in [5, 5.41) is 2.96. The fourth-order valence-electron chi connectivity index (χ4n) is 1.24. The first kappa shape index (κ1) is 8.50. The monoisotopic (exact) mass is 184 g/mol. The van der Waals surface area contributed by atoms with Crippen molar-refractivity contribution >= 4 is 11.9 Å². The van der Waals surface area contributed by atoms with Gasteiger partial charge in [0, 0.05) is 25.9 Å². The third-order valence-electron chi connectivity index (χ3n) is 2.56. The van der Waals surface area contributed by atoms with Gasteiger partial charge in [0.05, 0.1) is 5.92 Å². The fraction of sp³-hybridized carbons (Fsp3) is 0.750. The van der Waals surface area contributed by atoms with Crippen molar-refractivity contribution in [2.24, 2.45) is 11.7 Å². The van der Waals surface area contributed by atoms with Crippen LogP contribution in [0.3, 0.4) is 0 Å². The summed E-state index contributed by atoms with van der Waals surface area (Å²) in [6.45, 7) is 1.29. The Morgan fingerprint density at radius 3 is 2.31 bits per heavy atom. The summed E-state index contributed by atoms with van der Waals surface area (Å²) in [5.41, 5.74) is 4.16. The maximum absolute atomic E-state index is 11.3. The molecule has 2 aliphatic rings. The van der Waals surface area contributed by atoms with Gasteiger partial charge in [0.2, 0.25) is 0 Å². The van der Waals surface area contributed by atoms with Crippen molar-refractivity contribution in [2.45, 2.75) is 18.4 Å². The van der Waals surface area contributed by atoms with Gasteiger partial charge in [-0.05, 0) is 0 Å². The van der Waals surface area contributed by atoms with Crippen molar-refractivity contribution in [2.75, 3.05) is 13.1 Å². The zero-order valence-electron chi connectivity index (χ0n) is 7.21. The molecule has 0 aromatic heterocycles. The van der Waals surface area contributed by atoms with Gasteiger partial charge in [-0.25, -0.2) is 0 Å². The standard InChI is InChI=1S/C8H12N2O3/c9-7(12)8(1-2-8)13-6(11)5-3-10-4-5/h5,10H,1-4H2,(H2,9,12). The molecule has 72 valence electrons. The summed E-state index contributed by atoms with van der Waals surface area (Å²) in [6.07, 6.45) is 1.16. The molecule has 5 nitrogen and oxygen atoms in total. The van der Waals surface area contributed by atoms with E-state index in [4.69, 9.17) is 10.5 Å². The second-order valence-corrected chi connectivity index (χ2v) is 3.63. The van der Waals surface area contributed by atoms with Crippen LogP contribution in [0.5, 0.6) is 0 Å². The maximum atomic E-state index is 11.3. The highest BCUT2D eigenvalue weighted by molar-refractivity contribution is 5.89. The van der Waals surface area contributed by atoms with Crippen molar-refractivity contribution in [1.29, 1.82) is 0 Å². The van der Waals surface area contributed by atoms with Crippen LogP contribution in [0.4, 0.5) is 0 Å². The van der Waals surface area contributed by atoms with Gasteiger partial charge in [-0.2, -0.15) is 0 Å². The summed E-state index contributed by atoms with van der Waals surface area (Å²) in [4.78, 5) is 22.2. The number of nitrogens with one attached hydrogen (secondary N) is 1. The molecule has 0 radical (unpaired) electrons. The van der Waals surface area contributed by atoms with Crippen LogP contribution < -0.4 is 11.1 Å². The second-order valence-electron chi connectivity index (χ2n) is 3.63. The number of rotatable bonds is 3. The molecule has 0 bridgehead atoms. The van der Waals surface area contributed by atoms with Gasteiger partial charge in [-0.1, -0.05) is 0 Å². The molecule has 0 aromatic rings. The first-order valence-electron chi connectivity index (χ1n) is 4.37. The Bertz CT molecular complexity index is 256. The van der Waals surface area contributed by atoms with Crippen LogP contribution in [-0.4, -0.2) is 30.6 Å². The normalized spacial score (nSPS) is 24.6. The summed E-state index contributed by atoms with van der Waals surface area (Å²) < 4.78 is 5.06. The number of ether oxygens (including phenoxy) is 1. The minimum absolute atomic E-state index is 0.0863. The fourth-order valence-corrected chi connectivity index (χ4v) is 1.24. The molecule has 1 heterocycles. The molecule has 0 aromatic carbocycles. The van der Waals surface area contributed by atoms with Crippen molar-refractivity contribution in [3.05, 3.63) is 0 Å². The SMILES string of the molecule is NC(=O)C1(OC(=O)C2CNC2)CC1. The third kappa shape index (κ3) is 1.39. The number of carbonyl (C=O) groups is 2. The summed E-state index contributed by atoms with van der Waals surface area (Å²) in [5.74, 6) is -0.903. The third-order valence-corrected chi connectivity index (χ3v) is 2.56. The molecule has 1 saturated heterocycles. The molecule has 0 atom stereocenters. The molecule has 2 rings (SSSR count). The predicted octanol–water partition coefficient (Wildman–Crippen LogP) is -1.23. The molecule has 3 N–H and O–H groups in total. The lowest BCUT2D eigenvalue weighted by Gasteiger charge is -2.26. The first-order valence-corrected chi connectivity index (χ1v) is 4.37. The Kier molecular flexibility index (Phi) is 1.76. The quantitative estimate of drug-likeness (QED) is 0.538. The van der Waals surface area contributed by atoms with E-state index in [0.29, 0.717) is 25.9 Å². The Morgan fingerprint density at radius 1 is 1.38 bits per heavy atom. The van der Waals surface area contributed by atoms with E-state index in [-0.39, 0.29) is 11.9 Å². The van der Waals surface area contributed by atoms with Gasteiger partial charge >= 0.3 is 5.97 Å². The summed E-state index contributed by atoms with van der Waals surface area (Å²) in [7, 11) is 0. The maximum Gasteiger partial charge on any atom is 0.312 e. The molecular weight excluding hydrogens is 172 g/mol. The smallest absolute Gasteiger partial charge is 0.312 e. The zero-order valence-corrected chi connectivity index (χ0v) is 7.21. The number of esters is 1. The number of primary amides is 1. The van der Waals surface area contributed by atoms with Gasteiger partial charge in [0.25, 0.3) is 5.91 Å². The van der Waals surface area contributed by atoms with Gasteiger partial charge in [-0.3, -0.25) is 9.59 Å². The highest BCUT2D eigenvalue weighted by Crippen LogP contribution is 2.39. The van der Waals surface area contributed by atoms with Crippen molar-refractivity contribution in [3.8, 4) is 0 Å². The van der Waals surface area contributed by atoms with Crippen LogP contribution in [-0.2, 0) is 14.3 Å².